The summed E-state index contributed by atoms with van der Waals surface area (Å²) < 4.78 is 58.0. The first-order chi connectivity index (χ1) is 6.22. The molecule has 0 spiro atoms. The Bertz CT molecular complexity index is 193. The van der Waals surface area contributed by atoms with E-state index < -0.39 is 31.7 Å². The molecule has 0 atom stereocenters. The second kappa shape index (κ2) is 4.97. The molecule has 0 bridgehead atoms. The number of nitrogens with one attached hydrogen (secondary N) is 1. The fraction of sp³-hybridized carbons (Fsp3) is 0.833. The average molecular weight is 220 g/mol. The number of rotatable bonds is 3. The molecule has 2 amide bonds. The van der Waals surface area contributed by atoms with Gasteiger partial charge in [-0.2, -0.15) is 13.2 Å². The van der Waals surface area contributed by atoms with Gasteiger partial charge < -0.3 is 10.2 Å². The van der Waals surface area contributed by atoms with Crippen LogP contribution in [0.3, 0.4) is 0 Å². The SMILES string of the molecule is CN(CC(F)F)C(=O)NCC(F)(F)F. The molecule has 0 aromatic heterocycles. The van der Waals surface area contributed by atoms with Gasteiger partial charge in [0.05, 0.1) is 6.54 Å². The third-order valence-electron chi connectivity index (χ3n) is 1.20. The van der Waals surface area contributed by atoms with Crippen LogP contribution in [0.2, 0.25) is 0 Å². The normalized spacial score (nSPS) is 11.6. The van der Waals surface area contributed by atoms with Crippen molar-refractivity contribution in [2.24, 2.45) is 0 Å². The number of urea groups is 1. The van der Waals surface area contributed by atoms with E-state index in [9.17, 15) is 26.7 Å². The Morgan fingerprint density at radius 2 is 1.93 bits per heavy atom. The molecule has 1 N–H and O–H groups in total. The number of halogens is 5. The molecule has 0 aliphatic carbocycles. The summed E-state index contributed by atoms with van der Waals surface area (Å²) in [6.45, 7) is -2.43. The fourth-order valence-electron chi connectivity index (χ4n) is 0.601. The monoisotopic (exact) mass is 220 g/mol. The van der Waals surface area contributed by atoms with Crippen molar-refractivity contribution >= 4 is 6.03 Å². The van der Waals surface area contributed by atoms with Crippen LogP contribution in [0.25, 0.3) is 0 Å². The lowest BCUT2D eigenvalue weighted by atomic mass is 10.5. The van der Waals surface area contributed by atoms with Crippen molar-refractivity contribution in [3.63, 3.8) is 0 Å². The van der Waals surface area contributed by atoms with Crippen molar-refractivity contribution < 1.29 is 26.7 Å². The number of nitrogens with zero attached hydrogens (tertiary/aromatic N) is 1. The lowest BCUT2D eigenvalue weighted by molar-refractivity contribution is -0.123. The van der Waals surface area contributed by atoms with E-state index >= 15 is 0 Å². The Balaban J connectivity index is 3.85. The minimum Gasteiger partial charge on any atom is -0.329 e. The van der Waals surface area contributed by atoms with Crippen LogP contribution in [0.4, 0.5) is 26.7 Å². The Kier molecular flexibility index (Phi) is 4.58. The van der Waals surface area contributed by atoms with Gasteiger partial charge in [0.25, 0.3) is 6.43 Å². The minimum absolute atomic E-state index is 0.483. The highest BCUT2D eigenvalue weighted by Crippen LogP contribution is 2.12. The van der Waals surface area contributed by atoms with Crippen molar-refractivity contribution in [2.75, 3.05) is 20.1 Å². The molecule has 0 aromatic rings. The van der Waals surface area contributed by atoms with Gasteiger partial charge in [0.2, 0.25) is 0 Å². The van der Waals surface area contributed by atoms with Gasteiger partial charge in [0, 0.05) is 7.05 Å². The summed E-state index contributed by atoms with van der Waals surface area (Å²) in [5, 5.41) is 1.46. The van der Waals surface area contributed by atoms with Gasteiger partial charge in [-0.3, -0.25) is 0 Å². The Morgan fingerprint density at radius 1 is 1.43 bits per heavy atom. The third-order valence-corrected chi connectivity index (χ3v) is 1.20. The highest BCUT2D eigenvalue weighted by Gasteiger charge is 2.28. The standard InChI is InChI=1S/C6H9F5N2O/c1-13(2-4(7)8)5(14)12-3-6(9,10)11/h4H,2-3H2,1H3,(H,12,14). The molecule has 0 saturated heterocycles. The van der Waals surface area contributed by atoms with Crippen molar-refractivity contribution in [2.45, 2.75) is 12.6 Å². The second-order valence-electron chi connectivity index (χ2n) is 2.55. The molecular weight excluding hydrogens is 211 g/mol. The Labute approximate surface area is 76.9 Å². The summed E-state index contributed by atoms with van der Waals surface area (Å²) >= 11 is 0. The van der Waals surface area contributed by atoms with Crippen molar-refractivity contribution in [1.82, 2.24) is 10.2 Å². The number of carbonyl (C=O) groups is 1. The fourth-order valence-corrected chi connectivity index (χ4v) is 0.601. The van der Waals surface area contributed by atoms with E-state index in [-0.39, 0.29) is 0 Å². The summed E-state index contributed by atoms with van der Waals surface area (Å²) in [5.74, 6) is 0. The van der Waals surface area contributed by atoms with Crippen LogP contribution in [-0.2, 0) is 0 Å². The van der Waals surface area contributed by atoms with Gasteiger partial charge in [-0.05, 0) is 0 Å². The van der Waals surface area contributed by atoms with Gasteiger partial charge in [-0.15, -0.1) is 0 Å². The summed E-state index contributed by atoms with van der Waals surface area (Å²) in [7, 11) is 0.984. The predicted octanol–water partition coefficient (Wildman–Crippen LogP) is 1.46. The van der Waals surface area contributed by atoms with Gasteiger partial charge in [0.1, 0.15) is 6.54 Å². The van der Waals surface area contributed by atoms with Gasteiger partial charge in [-0.1, -0.05) is 0 Å². The maximum absolute atomic E-state index is 11.7. The van der Waals surface area contributed by atoms with Crippen LogP contribution < -0.4 is 5.32 Å². The smallest absolute Gasteiger partial charge is 0.329 e. The molecule has 3 nitrogen and oxygen atoms in total. The molecule has 0 aliphatic rings. The average Bonchev–Trinajstić information content (AvgIpc) is 1.97. The lowest BCUT2D eigenvalue weighted by Crippen LogP contribution is -2.43. The molecular formula is C6H9F5N2O. The van der Waals surface area contributed by atoms with Gasteiger partial charge in [-0.25, -0.2) is 13.6 Å². The highest BCUT2D eigenvalue weighted by atomic mass is 19.4. The predicted molar refractivity (Wildman–Crippen MR) is 38.1 cm³/mol. The summed E-state index contributed by atoms with van der Waals surface area (Å²) in [6.07, 6.45) is -7.31. The Hall–Kier alpha value is -1.08. The topological polar surface area (TPSA) is 32.3 Å². The number of amides is 2. The van der Waals surface area contributed by atoms with Crippen molar-refractivity contribution in [1.29, 1.82) is 0 Å². The van der Waals surface area contributed by atoms with E-state index in [2.05, 4.69) is 0 Å². The largest absolute Gasteiger partial charge is 0.405 e. The minimum atomic E-state index is -4.54. The molecule has 0 heterocycles. The second-order valence-corrected chi connectivity index (χ2v) is 2.55. The molecule has 14 heavy (non-hydrogen) atoms. The zero-order chi connectivity index (χ0) is 11.4. The maximum atomic E-state index is 11.7. The highest BCUT2D eigenvalue weighted by molar-refractivity contribution is 5.73. The first-order valence-corrected chi connectivity index (χ1v) is 3.56. The molecule has 0 aliphatic heterocycles. The van der Waals surface area contributed by atoms with Crippen LogP contribution in [0.15, 0.2) is 0 Å². The zero-order valence-corrected chi connectivity index (χ0v) is 7.24. The molecule has 0 fully saturated rings. The van der Waals surface area contributed by atoms with Crippen LogP contribution in [0.5, 0.6) is 0 Å². The molecule has 0 aromatic carbocycles. The lowest BCUT2D eigenvalue weighted by Gasteiger charge is -2.17. The maximum Gasteiger partial charge on any atom is 0.405 e. The molecule has 0 radical (unpaired) electrons. The molecule has 84 valence electrons. The number of hydrogen-bond donors (Lipinski definition) is 1. The number of alkyl halides is 5. The quantitative estimate of drug-likeness (QED) is 0.717. The summed E-state index contributed by atoms with van der Waals surface area (Å²) in [4.78, 5) is 11.2. The number of carbonyl (C=O) groups excluding carboxylic acids is 1. The van der Waals surface area contributed by atoms with E-state index in [1.807, 2.05) is 0 Å². The molecule has 8 heteroatoms. The van der Waals surface area contributed by atoms with Crippen LogP contribution in [0.1, 0.15) is 0 Å². The molecule has 0 saturated carbocycles. The van der Waals surface area contributed by atoms with E-state index in [0.29, 0.717) is 4.90 Å². The summed E-state index contributed by atoms with van der Waals surface area (Å²) in [5.41, 5.74) is 0. The number of hydrogen-bond acceptors (Lipinski definition) is 1. The van der Waals surface area contributed by atoms with Crippen LogP contribution in [0, 0.1) is 0 Å². The van der Waals surface area contributed by atoms with Crippen LogP contribution >= 0.6 is 0 Å². The zero-order valence-electron chi connectivity index (χ0n) is 7.24. The first-order valence-electron chi connectivity index (χ1n) is 3.56. The van der Waals surface area contributed by atoms with Crippen molar-refractivity contribution in [3.8, 4) is 0 Å². The van der Waals surface area contributed by atoms with Gasteiger partial charge >= 0.3 is 12.2 Å². The third kappa shape index (κ3) is 6.44. The Morgan fingerprint density at radius 3 is 2.29 bits per heavy atom. The van der Waals surface area contributed by atoms with E-state index in [1.165, 1.54) is 5.32 Å². The van der Waals surface area contributed by atoms with E-state index in [4.69, 9.17) is 0 Å². The van der Waals surface area contributed by atoms with Crippen molar-refractivity contribution in [3.05, 3.63) is 0 Å². The van der Waals surface area contributed by atoms with E-state index in [1.54, 1.807) is 0 Å². The summed E-state index contributed by atoms with van der Waals surface area (Å²) in [6, 6.07) is -1.18. The first kappa shape index (κ1) is 12.9. The van der Waals surface area contributed by atoms with Gasteiger partial charge in [0.15, 0.2) is 0 Å². The van der Waals surface area contributed by atoms with E-state index in [0.717, 1.165) is 7.05 Å². The van der Waals surface area contributed by atoms with Crippen LogP contribution in [-0.4, -0.2) is 43.7 Å². The molecule has 0 rings (SSSR count). The molecule has 0 unspecified atom stereocenters.